The van der Waals surface area contributed by atoms with Gasteiger partial charge in [0.15, 0.2) is 0 Å². The van der Waals surface area contributed by atoms with Gasteiger partial charge in [0, 0.05) is 5.33 Å². The number of carboxylic acid groups (broad SMARTS) is 1. The molecular formula is C17H17BrN2O3. The van der Waals surface area contributed by atoms with E-state index in [9.17, 15) is 4.79 Å². The second-order valence-corrected chi connectivity index (χ2v) is 5.58. The van der Waals surface area contributed by atoms with Crippen molar-refractivity contribution in [2.24, 2.45) is 10.2 Å². The summed E-state index contributed by atoms with van der Waals surface area (Å²) in [5.41, 5.74) is 1.54. The molecule has 0 radical (unpaired) electrons. The largest absolute Gasteiger partial charge is 0.494 e. The van der Waals surface area contributed by atoms with Gasteiger partial charge in [0.2, 0.25) is 0 Å². The normalized spacial score (nSPS) is 10.8. The third-order valence-corrected chi connectivity index (χ3v) is 3.59. The van der Waals surface area contributed by atoms with E-state index in [4.69, 9.17) is 9.84 Å². The summed E-state index contributed by atoms with van der Waals surface area (Å²) in [6, 6.07) is 13.6. The minimum absolute atomic E-state index is 0.227. The molecule has 0 spiro atoms. The van der Waals surface area contributed by atoms with Crippen LogP contribution in [0.2, 0.25) is 0 Å². The Hall–Kier alpha value is -2.21. The van der Waals surface area contributed by atoms with Gasteiger partial charge in [-0.25, -0.2) is 4.79 Å². The van der Waals surface area contributed by atoms with E-state index in [2.05, 4.69) is 26.2 Å². The summed E-state index contributed by atoms with van der Waals surface area (Å²) in [5.74, 6) is -0.149. The molecule has 2 aromatic rings. The molecule has 0 saturated heterocycles. The van der Waals surface area contributed by atoms with Crippen LogP contribution in [0.5, 0.6) is 5.75 Å². The quantitative estimate of drug-likeness (QED) is 0.383. The first kappa shape index (κ1) is 17.1. The maximum Gasteiger partial charge on any atom is 0.335 e. The van der Waals surface area contributed by atoms with Crippen molar-refractivity contribution in [2.75, 3.05) is 11.9 Å². The monoisotopic (exact) mass is 376 g/mol. The molecule has 0 aliphatic rings. The maximum atomic E-state index is 10.8. The van der Waals surface area contributed by atoms with Gasteiger partial charge in [-0.1, -0.05) is 15.9 Å². The number of hydrogen-bond acceptors (Lipinski definition) is 4. The first-order valence-electron chi connectivity index (χ1n) is 7.23. The predicted molar refractivity (Wildman–Crippen MR) is 92.5 cm³/mol. The average Bonchev–Trinajstić information content (AvgIpc) is 2.58. The molecule has 0 aliphatic heterocycles. The van der Waals surface area contributed by atoms with Crippen molar-refractivity contribution in [3.05, 3.63) is 54.1 Å². The number of aromatic carboxylic acids is 1. The molecule has 120 valence electrons. The molecule has 1 N–H and O–H groups in total. The van der Waals surface area contributed by atoms with Gasteiger partial charge in [-0.2, -0.15) is 10.2 Å². The van der Waals surface area contributed by atoms with Crippen molar-refractivity contribution in [3.8, 4) is 5.75 Å². The van der Waals surface area contributed by atoms with Crippen molar-refractivity contribution >= 4 is 33.3 Å². The Morgan fingerprint density at radius 3 is 2.04 bits per heavy atom. The number of nitrogens with zero attached hydrogens (tertiary/aromatic N) is 2. The highest BCUT2D eigenvalue weighted by molar-refractivity contribution is 9.09. The van der Waals surface area contributed by atoms with E-state index in [0.29, 0.717) is 18.0 Å². The Labute approximate surface area is 143 Å². The Morgan fingerprint density at radius 1 is 0.957 bits per heavy atom. The minimum Gasteiger partial charge on any atom is -0.494 e. The number of rotatable bonds is 8. The molecule has 2 rings (SSSR count). The summed E-state index contributed by atoms with van der Waals surface area (Å²) in [4.78, 5) is 10.8. The fourth-order valence-electron chi connectivity index (χ4n) is 1.78. The molecule has 0 saturated carbocycles. The molecule has 6 heteroatoms. The van der Waals surface area contributed by atoms with Gasteiger partial charge in [0.1, 0.15) is 5.75 Å². The van der Waals surface area contributed by atoms with Crippen molar-refractivity contribution in [1.82, 2.24) is 0 Å². The highest BCUT2D eigenvalue weighted by Crippen LogP contribution is 2.21. The highest BCUT2D eigenvalue weighted by atomic mass is 79.9. The Morgan fingerprint density at radius 2 is 1.52 bits per heavy atom. The molecule has 0 aliphatic carbocycles. The van der Waals surface area contributed by atoms with Crippen molar-refractivity contribution in [2.45, 2.75) is 12.8 Å². The molecule has 0 heterocycles. The first-order chi connectivity index (χ1) is 11.2. The Balaban J connectivity index is 1.90. The first-order valence-corrected chi connectivity index (χ1v) is 8.35. The van der Waals surface area contributed by atoms with E-state index in [1.807, 2.05) is 24.3 Å². The minimum atomic E-state index is -0.958. The molecule has 5 nitrogen and oxygen atoms in total. The van der Waals surface area contributed by atoms with E-state index in [1.165, 1.54) is 12.1 Å². The molecule has 0 aromatic heterocycles. The number of carbonyl (C=O) groups is 1. The maximum absolute atomic E-state index is 10.8. The van der Waals surface area contributed by atoms with Crippen LogP contribution >= 0.6 is 15.9 Å². The topological polar surface area (TPSA) is 71.2 Å². The van der Waals surface area contributed by atoms with Crippen LogP contribution in [0.4, 0.5) is 11.4 Å². The molecule has 0 atom stereocenters. The number of alkyl halides is 1. The highest BCUT2D eigenvalue weighted by Gasteiger charge is 2.01. The van der Waals surface area contributed by atoms with Gasteiger partial charge in [-0.05, 0) is 61.4 Å². The van der Waals surface area contributed by atoms with Gasteiger partial charge in [0.05, 0.1) is 23.5 Å². The number of unbranched alkanes of at least 4 members (excludes halogenated alkanes) is 1. The molecule has 0 fully saturated rings. The predicted octanol–water partition coefficient (Wildman–Crippen LogP) is 5.35. The van der Waals surface area contributed by atoms with Gasteiger partial charge in [-0.15, -0.1) is 0 Å². The summed E-state index contributed by atoms with van der Waals surface area (Å²) in [7, 11) is 0. The van der Waals surface area contributed by atoms with Crippen LogP contribution in [0.25, 0.3) is 0 Å². The third-order valence-electron chi connectivity index (χ3n) is 3.03. The molecule has 23 heavy (non-hydrogen) atoms. The van der Waals surface area contributed by atoms with E-state index in [-0.39, 0.29) is 5.56 Å². The van der Waals surface area contributed by atoms with Crippen LogP contribution in [0.1, 0.15) is 23.2 Å². The summed E-state index contributed by atoms with van der Waals surface area (Å²) in [5, 5.41) is 18.0. The van der Waals surface area contributed by atoms with E-state index < -0.39 is 5.97 Å². The number of benzene rings is 2. The van der Waals surface area contributed by atoms with Crippen molar-refractivity contribution in [1.29, 1.82) is 0 Å². The fraction of sp³-hybridized carbons (Fsp3) is 0.235. The summed E-state index contributed by atoms with van der Waals surface area (Å²) in [6.07, 6.45) is 2.10. The SMILES string of the molecule is O=C(O)c1ccc(N=Nc2ccc(OCCCCBr)cc2)cc1. The lowest BCUT2D eigenvalue weighted by molar-refractivity contribution is 0.0697. The lowest BCUT2D eigenvalue weighted by atomic mass is 10.2. The van der Waals surface area contributed by atoms with Crippen LogP contribution in [0, 0.1) is 0 Å². The second kappa shape index (κ2) is 9.05. The smallest absolute Gasteiger partial charge is 0.335 e. The zero-order chi connectivity index (χ0) is 16.5. The van der Waals surface area contributed by atoms with E-state index in [1.54, 1.807) is 12.1 Å². The van der Waals surface area contributed by atoms with Gasteiger partial charge < -0.3 is 9.84 Å². The summed E-state index contributed by atoms with van der Waals surface area (Å²) in [6.45, 7) is 0.697. The van der Waals surface area contributed by atoms with Crippen LogP contribution in [0.15, 0.2) is 58.8 Å². The zero-order valence-corrected chi connectivity index (χ0v) is 14.1. The second-order valence-electron chi connectivity index (χ2n) is 4.79. The molecule has 2 aromatic carbocycles. The number of halogens is 1. The Bertz CT molecular complexity index is 655. The number of azo groups is 1. The third kappa shape index (κ3) is 5.83. The van der Waals surface area contributed by atoms with Crippen LogP contribution in [-0.2, 0) is 0 Å². The van der Waals surface area contributed by atoms with Crippen molar-refractivity contribution < 1.29 is 14.6 Å². The molecule has 0 unspecified atom stereocenters. The van der Waals surface area contributed by atoms with Gasteiger partial charge in [-0.3, -0.25) is 0 Å². The summed E-state index contributed by atoms with van der Waals surface area (Å²) < 4.78 is 5.61. The number of hydrogen-bond donors (Lipinski definition) is 1. The molecule has 0 bridgehead atoms. The van der Waals surface area contributed by atoms with Gasteiger partial charge >= 0.3 is 5.97 Å². The summed E-state index contributed by atoms with van der Waals surface area (Å²) >= 11 is 3.39. The average molecular weight is 377 g/mol. The lowest BCUT2D eigenvalue weighted by Crippen LogP contribution is -1.96. The molecule has 0 amide bonds. The van der Waals surface area contributed by atoms with E-state index >= 15 is 0 Å². The standard InChI is InChI=1S/C17H17BrN2O3/c18-11-1-2-12-23-16-9-7-15(8-10-16)20-19-14-5-3-13(4-6-14)17(21)22/h3-10H,1-2,11-12H2,(H,21,22). The zero-order valence-electron chi connectivity index (χ0n) is 12.5. The van der Waals surface area contributed by atoms with Crippen LogP contribution < -0.4 is 4.74 Å². The number of carboxylic acids is 1. The fourth-order valence-corrected chi connectivity index (χ4v) is 2.18. The van der Waals surface area contributed by atoms with Crippen LogP contribution in [-0.4, -0.2) is 23.0 Å². The Kier molecular flexibility index (Phi) is 6.75. The van der Waals surface area contributed by atoms with Gasteiger partial charge in [0.25, 0.3) is 0 Å². The van der Waals surface area contributed by atoms with E-state index in [0.717, 1.165) is 23.9 Å². The molecular weight excluding hydrogens is 360 g/mol. The van der Waals surface area contributed by atoms with Crippen molar-refractivity contribution in [3.63, 3.8) is 0 Å². The lowest BCUT2D eigenvalue weighted by Gasteiger charge is -2.05. The number of ether oxygens (including phenoxy) is 1. The van der Waals surface area contributed by atoms with Crippen LogP contribution in [0.3, 0.4) is 0 Å².